The maximum atomic E-state index is 13.7. The summed E-state index contributed by atoms with van der Waals surface area (Å²) in [5.74, 6) is -0.705. The number of ether oxygens (including phenoxy) is 1. The van der Waals surface area contributed by atoms with Gasteiger partial charge in [-0.15, -0.1) is 0 Å². The second kappa shape index (κ2) is 4.65. The molecule has 3 N–H and O–H groups in total. The van der Waals surface area contributed by atoms with Crippen molar-refractivity contribution in [2.75, 3.05) is 0 Å². The zero-order valence-corrected chi connectivity index (χ0v) is 10.3. The number of fused-ring (bicyclic) bond motifs is 1. The molecule has 20 heavy (non-hydrogen) atoms. The predicted molar refractivity (Wildman–Crippen MR) is 71.1 cm³/mol. The first-order valence-corrected chi connectivity index (χ1v) is 5.84. The second-order valence-electron chi connectivity index (χ2n) is 4.16. The molecule has 5 nitrogen and oxygen atoms in total. The summed E-state index contributed by atoms with van der Waals surface area (Å²) >= 11 is 0. The number of carbonyl (C=O) groups excluding carboxylic acids is 1. The average Bonchev–Trinajstić information content (AvgIpc) is 2.87. The summed E-state index contributed by atoms with van der Waals surface area (Å²) in [6.45, 7) is 0. The zero-order valence-electron chi connectivity index (χ0n) is 10.3. The minimum absolute atomic E-state index is 0.168. The first-order valence-electron chi connectivity index (χ1n) is 5.84. The van der Waals surface area contributed by atoms with Crippen LogP contribution in [-0.2, 0) is 0 Å². The number of aromatic nitrogens is 2. The van der Waals surface area contributed by atoms with Crippen molar-refractivity contribution < 1.29 is 13.9 Å². The number of hydrogen-bond donors (Lipinski definition) is 2. The summed E-state index contributed by atoms with van der Waals surface area (Å²) in [7, 11) is 0. The molecule has 0 fully saturated rings. The highest BCUT2D eigenvalue weighted by Gasteiger charge is 2.11. The lowest BCUT2D eigenvalue weighted by atomic mass is 10.2. The van der Waals surface area contributed by atoms with Gasteiger partial charge in [0.2, 0.25) is 0 Å². The maximum Gasteiger partial charge on any atom is 0.251 e. The van der Waals surface area contributed by atoms with Gasteiger partial charge in [-0.3, -0.25) is 4.79 Å². The van der Waals surface area contributed by atoms with Crippen molar-refractivity contribution in [3.63, 3.8) is 0 Å². The van der Waals surface area contributed by atoms with E-state index in [1.165, 1.54) is 12.1 Å². The van der Waals surface area contributed by atoms with Crippen LogP contribution in [0.25, 0.3) is 11.0 Å². The Morgan fingerprint density at radius 2 is 2.15 bits per heavy atom. The van der Waals surface area contributed by atoms with E-state index in [0.717, 1.165) is 11.5 Å². The Bertz CT molecular complexity index is 798. The van der Waals surface area contributed by atoms with Crippen LogP contribution in [0.15, 0.2) is 42.7 Å². The molecule has 0 unspecified atom stereocenters. The molecule has 100 valence electrons. The summed E-state index contributed by atoms with van der Waals surface area (Å²) in [6, 6.07) is 7.39. The van der Waals surface area contributed by atoms with E-state index < -0.39 is 11.7 Å². The molecule has 0 saturated carbocycles. The fraction of sp³-hybridized carbons (Fsp3) is 0. The molecule has 0 aliphatic rings. The Labute approximate surface area is 113 Å². The molecule has 3 aromatic rings. The van der Waals surface area contributed by atoms with Crippen LogP contribution in [0, 0.1) is 5.82 Å². The number of halogens is 1. The first-order chi connectivity index (χ1) is 9.65. The zero-order chi connectivity index (χ0) is 14.1. The molecule has 0 bridgehead atoms. The van der Waals surface area contributed by atoms with E-state index in [4.69, 9.17) is 10.5 Å². The van der Waals surface area contributed by atoms with Crippen molar-refractivity contribution in [2.45, 2.75) is 0 Å². The highest BCUT2D eigenvalue weighted by molar-refractivity contribution is 5.93. The molecule has 0 saturated heterocycles. The molecule has 0 atom stereocenters. The molecule has 0 radical (unpaired) electrons. The molecule has 0 spiro atoms. The van der Waals surface area contributed by atoms with Crippen molar-refractivity contribution in [1.82, 2.24) is 9.97 Å². The Hall–Kier alpha value is -2.89. The largest absolute Gasteiger partial charge is 0.456 e. The normalized spacial score (nSPS) is 10.7. The third-order valence-electron chi connectivity index (χ3n) is 2.85. The molecule has 1 amide bonds. The Morgan fingerprint density at radius 3 is 2.90 bits per heavy atom. The summed E-state index contributed by atoms with van der Waals surface area (Å²) in [5, 5.41) is 0.784. The number of nitrogens with one attached hydrogen (secondary N) is 1. The SMILES string of the molecule is NC(=O)c1ccc(Oc2ccnc3[nH]ccc23)cc1F. The monoisotopic (exact) mass is 271 g/mol. The molecule has 0 aliphatic carbocycles. The lowest BCUT2D eigenvalue weighted by Crippen LogP contribution is -2.12. The van der Waals surface area contributed by atoms with Gasteiger partial charge in [-0.25, -0.2) is 9.37 Å². The Balaban J connectivity index is 1.97. The van der Waals surface area contributed by atoms with Crippen LogP contribution < -0.4 is 10.5 Å². The number of hydrogen-bond acceptors (Lipinski definition) is 3. The molecular formula is C14H10FN3O2. The fourth-order valence-corrected chi connectivity index (χ4v) is 1.91. The average molecular weight is 271 g/mol. The molecule has 2 aromatic heterocycles. The van der Waals surface area contributed by atoms with Gasteiger partial charge in [-0.2, -0.15) is 0 Å². The minimum atomic E-state index is -0.814. The number of nitrogens with two attached hydrogens (primary N) is 1. The van der Waals surface area contributed by atoms with Gasteiger partial charge >= 0.3 is 0 Å². The molecule has 6 heteroatoms. The van der Waals surface area contributed by atoms with E-state index in [9.17, 15) is 9.18 Å². The maximum absolute atomic E-state index is 13.7. The third-order valence-corrected chi connectivity index (χ3v) is 2.85. The summed E-state index contributed by atoms with van der Waals surface area (Å²) in [5.41, 5.74) is 5.56. The smallest absolute Gasteiger partial charge is 0.251 e. The minimum Gasteiger partial charge on any atom is -0.456 e. The summed E-state index contributed by atoms with van der Waals surface area (Å²) in [4.78, 5) is 18.0. The summed E-state index contributed by atoms with van der Waals surface area (Å²) in [6.07, 6.45) is 3.32. The standard InChI is InChI=1S/C14H10FN3O2/c15-11-7-8(1-2-9(11)13(16)19)20-12-4-6-18-14-10(12)3-5-17-14/h1-7H,(H2,16,19)(H,17,18). The van der Waals surface area contributed by atoms with Crippen LogP contribution in [0.3, 0.4) is 0 Å². The Morgan fingerprint density at radius 1 is 1.30 bits per heavy atom. The van der Waals surface area contributed by atoms with Crippen LogP contribution in [0.5, 0.6) is 11.5 Å². The quantitative estimate of drug-likeness (QED) is 0.768. The number of rotatable bonds is 3. The topological polar surface area (TPSA) is 81.0 Å². The fourth-order valence-electron chi connectivity index (χ4n) is 1.91. The number of carbonyl (C=O) groups is 1. The van der Waals surface area contributed by atoms with Gasteiger partial charge in [0.25, 0.3) is 5.91 Å². The van der Waals surface area contributed by atoms with Crippen molar-refractivity contribution in [2.24, 2.45) is 5.73 Å². The van der Waals surface area contributed by atoms with Crippen molar-refractivity contribution in [1.29, 1.82) is 0 Å². The lowest BCUT2D eigenvalue weighted by molar-refractivity contribution is 0.0996. The summed E-state index contributed by atoms with van der Waals surface area (Å²) < 4.78 is 19.3. The molecular weight excluding hydrogens is 261 g/mol. The molecule has 2 heterocycles. The van der Waals surface area contributed by atoms with Gasteiger partial charge in [-0.1, -0.05) is 0 Å². The van der Waals surface area contributed by atoms with Crippen molar-refractivity contribution in [3.05, 3.63) is 54.1 Å². The number of nitrogens with zero attached hydrogens (tertiary/aromatic N) is 1. The molecule has 3 rings (SSSR count). The Kier molecular flexibility index (Phi) is 2.83. The van der Waals surface area contributed by atoms with E-state index in [-0.39, 0.29) is 11.3 Å². The van der Waals surface area contributed by atoms with Gasteiger partial charge in [0.1, 0.15) is 23.0 Å². The number of benzene rings is 1. The van der Waals surface area contributed by atoms with Crippen LogP contribution in [0.1, 0.15) is 10.4 Å². The van der Waals surface area contributed by atoms with Crippen LogP contribution >= 0.6 is 0 Å². The van der Waals surface area contributed by atoms with Crippen molar-refractivity contribution >= 4 is 16.9 Å². The lowest BCUT2D eigenvalue weighted by Gasteiger charge is -2.07. The van der Waals surface area contributed by atoms with Gasteiger partial charge in [0, 0.05) is 18.5 Å². The third kappa shape index (κ3) is 2.07. The number of amides is 1. The van der Waals surface area contributed by atoms with Crippen molar-refractivity contribution in [3.8, 4) is 11.5 Å². The predicted octanol–water partition coefficient (Wildman–Crippen LogP) is 2.59. The first kappa shape index (κ1) is 12.2. The van der Waals surface area contributed by atoms with E-state index >= 15 is 0 Å². The second-order valence-corrected chi connectivity index (χ2v) is 4.16. The van der Waals surface area contributed by atoms with E-state index in [1.54, 1.807) is 18.5 Å². The van der Waals surface area contributed by atoms with Crippen LogP contribution in [0.2, 0.25) is 0 Å². The van der Waals surface area contributed by atoms with Crippen LogP contribution in [-0.4, -0.2) is 15.9 Å². The van der Waals surface area contributed by atoms with Gasteiger partial charge in [-0.05, 0) is 24.3 Å². The number of aromatic amines is 1. The van der Waals surface area contributed by atoms with E-state index in [2.05, 4.69) is 9.97 Å². The highest BCUT2D eigenvalue weighted by atomic mass is 19.1. The number of primary amides is 1. The molecule has 0 aliphatic heterocycles. The number of H-pyrrole nitrogens is 1. The van der Waals surface area contributed by atoms with E-state index in [0.29, 0.717) is 11.4 Å². The van der Waals surface area contributed by atoms with Crippen LogP contribution in [0.4, 0.5) is 4.39 Å². The molecule has 1 aromatic carbocycles. The van der Waals surface area contributed by atoms with E-state index in [1.807, 2.05) is 6.07 Å². The van der Waals surface area contributed by atoms with Gasteiger partial charge in [0.15, 0.2) is 0 Å². The highest BCUT2D eigenvalue weighted by Crippen LogP contribution is 2.29. The van der Waals surface area contributed by atoms with Gasteiger partial charge < -0.3 is 15.5 Å². The number of pyridine rings is 1. The van der Waals surface area contributed by atoms with Gasteiger partial charge in [0.05, 0.1) is 10.9 Å².